The highest BCUT2D eigenvalue weighted by Crippen LogP contribution is 2.32. The fourth-order valence-corrected chi connectivity index (χ4v) is 2.90. The van der Waals surface area contributed by atoms with Crippen LogP contribution in [0.2, 0.25) is 0 Å². The third-order valence-electron chi connectivity index (χ3n) is 4.18. The Morgan fingerprint density at radius 2 is 2.19 bits per heavy atom. The molecule has 1 heterocycles. The summed E-state index contributed by atoms with van der Waals surface area (Å²) in [5, 5.41) is 13.2. The summed E-state index contributed by atoms with van der Waals surface area (Å²) in [4.78, 5) is 18.4. The van der Waals surface area contributed by atoms with E-state index in [9.17, 15) is 9.90 Å². The van der Waals surface area contributed by atoms with Gasteiger partial charge in [-0.3, -0.25) is 4.79 Å². The molecule has 2 N–H and O–H groups in total. The molecule has 1 aliphatic rings. The van der Waals surface area contributed by atoms with E-state index in [1.54, 1.807) is 18.3 Å². The molecule has 0 radical (unpaired) electrons. The van der Waals surface area contributed by atoms with Crippen molar-refractivity contribution in [1.29, 1.82) is 0 Å². The Hall–Kier alpha value is -1.62. The van der Waals surface area contributed by atoms with Crippen LogP contribution in [0.4, 0.5) is 5.82 Å². The average molecular weight is 291 g/mol. The second-order valence-corrected chi connectivity index (χ2v) is 5.84. The number of hydrogen-bond acceptors (Lipinski definition) is 4. The number of aromatic nitrogens is 1. The Labute approximate surface area is 126 Å². The summed E-state index contributed by atoms with van der Waals surface area (Å²) in [6.07, 6.45) is 6.38. The maximum atomic E-state index is 12.1. The van der Waals surface area contributed by atoms with Gasteiger partial charge in [0.15, 0.2) is 0 Å². The SMILES string of the molecule is CCNC(=O)c1cccnc1N(C)CCC1(O)CCCC1. The molecule has 1 aromatic heterocycles. The number of carbonyl (C=O) groups is 1. The van der Waals surface area contributed by atoms with Crippen LogP contribution >= 0.6 is 0 Å². The van der Waals surface area contributed by atoms with E-state index in [2.05, 4.69) is 10.3 Å². The highest BCUT2D eigenvalue weighted by Gasteiger charge is 2.31. The zero-order valence-electron chi connectivity index (χ0n) is 12.9. The second-order valence-electron chi connectivity index (χ2n) is 5.84. The van der Waals surface area contributed by atoms with Crippen molar-refractivity contribution >= 4 is 11.7 Å². The van der Waals surface area contributed by atoms with Gasteiger partial charge in [-0.2, -0.15) is 0 Å². The predicted octanol–water partition coefficient (Wildman–Crippen LogP) is 1.96. The standard InChI is InChI=1S/C16H25N3O2/c1-3-17-15(20)13-7-6-11-18-14(13)19(2)12-10-16(21)8-4-5-9-16/h6-7,11,21H,3-5,8-10,12H2,1-2H3,(H,17,20). The van der Waals surface area contributed by atoms with Gasteiger partial charge >= 0.3 is 0 Å². The third kappa shape index (κ3) is 3.94. The van der Waals surface area contributed by atoms with Crippen LogP contribution in [0.15, 0.2) is 18.3 Å². The molecule has 0 spiro atoms. The lowest BCUT2D eigenvalue weighted by atomic mass is 9.98. The summed E-state index contributed by atoms with van der Waals surface area (Å²) >= 11 is 0. The topological polar surface area (TPSA) is 65.5 Å². The predicted molar refractivity (Wildman–Crippen MR) is 83.5 cm³/mol. The quantitative estimate of drug-likeness (QED) is 0.841. The Kier molecular flexibility index (Phi) is 5.17. The van der Waals surface area contributed by atoms with Gasteiger partial charge in [-0.05, 0) is 38.3 Å². The zero-order chi connectivity index (χ0) is 15.3. The van der Waals surface area contributed by atoms with Crippen LogP contribution in [0.25, 0.3) is 0 Å². The fraction of sp³-hybridized carbons (Fsp3) is 0.625. The first-order chi connectivity index (χ1) is 10.1. The molecule has 0 bridgehead atoms. The van der Waals surface area contributed by atoms with Crippen LogP contribution in [0.5, 0.6) is 0 Å². The number of nitrogens with zero attached hydrogens (tertiary/aromatic N) is 2. The van der Waals surface area contributed by atoms with Crippen LogP contribution < -0.4 is 10.2 Å². The van der Waals surface area contributed by atoms with Crippen molar-refractivity contribution < 1.29 is 9.90 Å². The Morgan fingerprint density at radius 3 is 2.86 bits per heavy atom. The molecule has 1 saturated carbocycles. The van der Waals surface area contributed by atoms with E-state index in [1.807, 2.05) is 18.9 Å². The van der Waals surface area contributed by atoms with Crippen molar-refractivity contribution in [3.8, 4) is 0 Å². The van der Waals surface area contributed by atoms with Gasteiger partial charge in [-0.1, -0.05) is 12.8 Å². The molecule has 0 atom stereocenters. The molecular formula is C16H25N3O2. The molecule has 0 aliphatic heterocycles. The number of carbonyl (C=O) groups excluding carboxylic acids is 1. The maximum Gasteiger partial charge on any atom is 0.255 e. The van der Waals surface area contributed by atoms with Gasteiger partial charge in [-0.25, -0.2) is 4.98 Å². The minimum Gasteiger partial charge on any atom is -0.390 e. The van der Waals surface area contributed by atoms with Crippen LogP contribution in [0.3, 0.4) is 0 Å². The smallest absolute Gasteiger partial charge is 0.255 e. The van der Waals surface area contributed by atoms with Gasteiger partial charge in [0, 0.05) is 26.3 Å². The Morgan fingerprint density at radius 1 is 1.48 bits per heavy atom. The van der Waals surface area contributed by atoms with Gasteiger partial charge in [0.05, 0.1) is 11.2 Å². The van der Waals surface area contributed by atoms with Gasteiger partial charge in [0.25, 0.3) is 5.91 Å². The van der Waals surface area contributed by atoms with Crippen molar-refractivity contribution in [2.75, 3.05) is 25.0 Å². The van der Waals surface area contributed by atoms with E-state index < -0.39 is 5.60 Å². The van der Waals surface area contributed by atoms with E-state index in [0.29, 0.717) is 24.5 Å². The van der Waals surface area contributed by atoms with E-state index in [1.165, 1.54) is 0 Å². The third-order valence-corrected chi connectivity index (χ3v) is 4.18. The molecule has 1 fully saturated rings. The number of pyridine rings is 1. The summed E-state index contributed by atoms with van der Waals surface area (Å²) in [7, 11) is 1.92. The van der Waals surface area contributed by atoms with Gasteiger partial charge in [0.2, 0.25) is 0 Å². The van der Waals surface area contributed by atoms with Crippen molar-refractivity contribution in [3.05, 3.63) is 23.9 Å². The molecule has 0 saturated heterocycles. The minimum atomic E-state index is -0.533. The number of aliphatic hydroxyl groups is 1. The first-order valence-corrected chi connectivity index (χ1v) is 7.72. The van der Waals surface area contributed by atoms with Crippen LogP contribution in [0, 0.1) is 0 Å². The van der Waals surface area contributed by atoms with Crippen LogP contribution in [-0.4, -0.2) is 41.7 Å². The summed E-state index contributed by atoms with van der Waals surface area (Å²) < 4.78 is 0. The molecule has 1 aromatic rings. The van der Waals surface area contributed by atoms with E-state index in [0.717, 1.165) is 32.1 Å². The van der Waals surface area contributed by atoms with Gasteiger partial charge in [-0.15, -0.1) is 0 Å². The monoisotopic (exact) mass is 291 g/mol. The molecule has 116 valence electrons. The number of rotatable bonds is 6. The Bertz CT molecular complexity index is 484. The first-order valence-electron chi connectivity index (χ1n) is 7.72. The molecule has 0 aromatic carbocycles. The average Bonchev–Trinajstić information content (AvgIpc) is 2.92. The van der Waals surface area contributed by atoms with E-state index in [4.69, 9.17) is 0 Å². The number of anilines is 1. The maximum absolute atomic E-state index is 12.1. The molecule has 5 nitrogen and oxygen atoms in total. The summed E-state index contributed by atoms with van der Waals surface area (Å²) in [6, 6.07) is 3.56. The fourth-order valence-electron chi connectivity index (χ4n) is 2.90. The second kappa shape index (κ2) is 6.89. The van der Waals surface area contributed by atoms with Crippen molar-refractivity contribution in [1.82, 2.24) is 10.3 Å². The van der Waals surface area contributed by atoms with Gasteiger partial charge < -0.3 is 15.3 Å². The number of hydrogen-bond donors (Lipinski definition) is 2. The molecule has 21 heavy (non-hydrogen) atoms. The Balaban J connectivity index is 2.04. The van der Waals surface area contributed by atoms with Crippen LogP contribution in [-0.2, 0) is 0 Å². The lowest BCUT2D eigenvalue weighted by molar-refractivity contribution is 0.0410. The van der Waals surface area contributed by atoms with Crippen molar-refractivity contribution in [2.24, 2.45) is 0 Å². The largest absolute Gasteiger partial charge is 0.390 e. The molecule has 1 aliphatic carbocycles. The van der Waals surface area contributed by atoms with Crippen molar-refractivity contribution in [3.63, 3.8) is 0 Å². The van der Waals surface area contributed by atoms with E-state index in [-0.39, 0.29) is 5.91 Å². The number of amides is 1. The highest BCUT2D eigenvalue weighted by atomic mass is 16.3. The number of nitrogens with one attached hydrogen (secondary N) is 1. The van der Waals surface area contributed by atoms with E-state index >= 15 is 0 Å². The first kappa shape index (κ1) is 15.8. The molecule has 5 heteroatoms. The lowest BCUT2D eigenvalue weighted by Gasteiger charge is -2.27. The van der Waals surface area contributed by atoms with Crippen LogP contribution in [0.1, 0.15) is 49.4 Å². The molecular weight excluding hydrogens is 266 g/mol. The normalized spacial score (nSPS) is 16.7. The summed E-state index contributed by atoms with van der Waals surface area (Å²) in [5.41, 5.74) is 0.0507. The lowest BCUT2D eigenvalue weighted by Crippen LogP contribution is -2.33. The van der Waals surface area contributed by atoms with Crippen molar-refractivity contribution in [2.45, 2.75) is 44.6 Å². The summed E-state index contributed by atoms with van der Waals surface area (Å²) in [5.74, 6) is 0.567. The highest BCUT2D eigenvalue weighted by molar-refractivity contribution is 5.98. The summed E-state index contributed by atoms with van der Waals surface area (Å²) in [6.45, 7) is 3.18. The van der Waals surface area contributed by atoms with Gasteiger partial charge in [0.1, 0.15) is 5.82 Å². The molecule has 1 amide bonds. The zero-order valence-corrected chi connectivity index (χ0v) is 12.9. The molecule has 2 rings (SSSR count). The minimum absolute atomic E-state index is 0.105. The molecule has 0 unspecified atom stereocenters.